The van der Waals surface area contributed by atoms with Crippen LogP contribution >= 0.6 is 12.2 Å². The van der Waals surface area contributed by atoms with E-state index in [2.05, 4.69) is 33.0 Å². The summed E-state index contributed by atoms with van der Waals surface area (Å²) >= 11 is 5.43. The summed E-state index contributed by atoms with van der Waals surface area (Å²) in [5.74, 6) is 0.288. The Bertz CT molecular complexity index is 394. The summed E-state index contributed by atoms with van der Waals surface area (Å²) in [6, 6.07) is -0.244. The van der Waals surface area contributed by atoms with Crippen molar-refractivity contribution in [2.45, 2.75) is 64.8 Å². The van der Waals surface area contributed by atoms with Crippen LogP contribution < -0.4 is 5.32 Å². The Morgan fingerprint density at radius 2 is 2.11 bits per heavy atom. The fourth-order valence-electron chi connectivity index (χ4n) is 3.11. The number of nitrogens with zero attached hydrogens (tertiary/aromatic N) is 1. The molecular formula is C13H22N2O2S. The van der Waals surface area contributed by atoms with Crippen LogP contribution in [0.25, 0.3) is 0 Å². The van der Waals surface area contributed by atoms with Gasteiger partial charge in [-0.05, 0) is 45.3 Å². The van der Waals surface area contributed by atoms with Gasteiger partial charge in [0.25, 0.3) is 0 Å². The normalized spacial score (nSPS) is 34.3. The lowest BCUT2D eigenvalue weighted by atomic mass is 9.89. The first kappa shape index (κ1) is 13.6. The number of hydrogen-bond acceptors (Lipinski definition) is 3. The second-order valence-electron chi connectivity index (χ2n) is 6.60. The van der Waals surface area contributed by atoms with Crippen LogP contribution in [0.1, 0.15) is 47.5 Å². The Hall–Kier alpha value is -0.840. The van der Waals surface area contributed by atoms with Gasteiger partial charge in [-0.3, -0.25) is 4.90 Å². The molecule has 5 heteroatoms. The summed E-state index contributed by atoms with van der Waals surface area (Å²) < 4.78 is 5.63. The monoisotopic (exact) mass is 270 g/mol. The van der Waals surface area contributed by atoms with E-state index in [0.29, 0.717) is 11.0 Å². The van der Waals surface area contributed by atoms with Crippen molar-refractivity contribution >= 4 is 23.3 Å². The lowest BCUT2D eigenvalue weighted by Gasteiger charge is -2.48. The van der Waals surface area contributed by atoms with Crippen LogP contribution in [0.4, 0.5) is 0 Å². The molecule has 2 aliphatic heterocycles. The zero-order valence-corrected chi connectivity index (χ0v) is 12.6. The van der Waals surface area contributed by atoms with E-state index in [4.69, 9.17) is 17.0 Å². The number of hydrogen-bond donors (Lipinski definition) is 1. The average molecular weight is 270 g/mol. The number of carbonyl (C=O) groups is 1. The Labute approximate surface area is 114 Å². The minimum atomic E-state index is -0.595. The molecule has 0 radical (unpaired) electrons. The molecule has 0 aromatic heterocycles. The largest absolute Gasteiger partial charge is 0.437 e. The molecule has 2 rings (SSSR count). The molecule has 2 heterocycles. The van der Waals surface area contributed by atoms with Gasteiger partial charge in [-0.25, -0.2) is 4.79 Å². The number of esters is 1. The van der Waals surface area contributed by atoms with Crippen molar-refractivity contribution in [2.75, 3.05) is 0 Å². The number of rotatable bonds is 2. The van der Waals surface area contributed by atoms with E-state index in [1.807, 2.05) is 11.8 Å². The van der Waals surface area contributed by atoms with Gasteiger partial charge in [-0.1, -0.05) is 13.8 Å². The van der Waals surface area contributed by atoms with Gasteiger partial charge in [0.05, 0.1) is 0 Å². The van der Waals surface area contributed by atoms with Gasteiger partial charge in [0.2, 0.25) is 0 Å². The van der Waals surface area contributed by atoms with E-state index in [-0.39, 0.29) is 17.6 Å². The van der Waals surface area contributed by atoms with E-state index in [9.17, 15) is 4.79 Å². The van der Waals surface area contributed by atoms with Gasteiger partial charge in [0.1, 0.15) is 6.04 Å². The molecule has 0 amide bonds. The van der Waals surface area contributed by atoms with Crippen molar-refractivity contribution < 1.29 is 9.53 Å². The quantitative estimate of drug-likeness (QED) is 0.614. The molecule has 0 aliphatic carbocycles. The van der Waals surface area contributed by atoms with Gasteiger partial charge in [-0.2, -0.15) is 0 Å². The summed E-state index contributed by atoms with van der Waals surface area (Å²) in [6.07, 6.45) is 1.51. The maximum absolute atomic E-state index is 12.1. The third-order valence-electron chi connectivity index (χ3n) is 3.54. The van der Waals surface area contributed by atoms with E-state index in [0.717, 1.165) is 12.8 Å². The average Bonchev–Trinajstić information content (AvgIpc) is 2.33. The van der Waals surface area contributed by atoms with Crippen molar-refractivity contribution in [2.24, 2.45) is 5.92 Å². The van der Waals surface area contributed by atoms with Gasteiger partial charge >= 0.3 is 5.97 Å². The Morgan fingerprint density at radius 3 is 2.67 bits per heavy atom. The number of carbonyl (C=O) groups excluding carboxylic acids is 1. The molecule has 2 atom stereocenters. The standard InChI is InChI=1S/C13H22N2O2S/c1-8(2)6-9-10(16)17-13(5)7-12(3,4)14-11(18)15(9)13/h8-9H,6-7H2,1-5H3,(H,14,18). The number of ether oxygens (including phenoxy) is 1. The third kappa shape index (κ3) is 2.20. The van der Waals surface area contributed by atoms with Crippen molar-refractivity contribution in [1.82, 2.24) is 10.2 Å². The van der Waals surface area contributed by atoms with Gasteiger partial charge in [-0.15, -0.1) is 0 Å². The highest BCUT2D eigenvalue weighted by Crippen LogP contribution is 2.40. The molecule has 0 saturated carbocycles. The predicted octanol–water partition coefficient (Wildman–Crippen LogP) is 2.03. The highest BCUT2D eigenvalue weighted by atomic mass is 32.1. The van der Waals surface area contributed by atoms with E-state index in [1.54, 1.807) is 0 Å². The Morgan fingerprint density at radius 1 is 1.50 bits per heavy atom. The van der Waals surface area contributed by atoms with Gasteiger partial charge in [0, 0.05) is 12.0 Å². The van der Waals surface area contributed by atoms with E-state index < -0.39 is 5.72 Å². The third-order valence-corrected chi connectivity index (χ3v) is 3.84. The number of nitrogens with one attached hydrogen (secondary N) is 1. The van der Waals surface area contributed by atoms with Crippen LogP contribution in [0, 0.1) is 5.92 Å². The maximum atomic E-state index is 12.1. The second-order valence-corrected chi connectivity index (χ2v) is 6.99. The molecule has 2 aliphatic rings. The van der Waals surface area contributed by atoms with Crippen LogP contribution in [0.2, 0.25) is 0 Å². The van der Waals surface area contributed by atoms with Crippen molar-refractivity contribution in [3.63, 3.8) is 0 Å². The molecular weight excluding hydrogens is 248 g/mol. The summed E-state index contributed by atoms with van der Waals surface area (Å²) in [7, 11) is 0. The SMILES string of the molecule is CC(C)CC1C(=O)OC2(C)CC(C)(C)NC(=S)N12. The van der Waals surface area contributed by atoms with Crippen molar-refractivity contribution in [3.8, 4) is 0 Å². The number of thiocarbonyl (C=S) groups is 1. The maximum Gasteiger partial charge on any atom is 0.331 e. The topological polar surface area (TPSA) is 41.6 Å². The molecule has 4 nitrogen and oxygen atoms in total. The minimum Gasteiger partial charge on any atom is -0.437 e. The Balaban J connectivity index is 2.31. The van der Waals surface area contributed by atoms with Crippen LogP contribution in [0.5, 0.6) is 0 Å². The molecule has 102 valence electrons. The van der Waals surface area contributed by atoms with E-state index in [1.165, 1.54) is 0 Å². The molecule has 1 N–H and O–H groups in total. The van der Waals surface area contributed by atoms with E-state index >= 15 is 0 Å². The molecule has 0 spiro atoms. The molecule has 0 bridgehead atoms. The smallest absolute Gasteiger partial charge is 0.331 e. The zero-order chi connectivity index (χ0) is 13.7. The van der Waals surface area contributed by atoms with Crippen LogP contribution in [-0.4, -0.2) is 33.3 Å². The van der Waals surface area contributed by atoms with Crippen LogP contribution in [-0.2, 0) is 9.53 Å². The summed E-state index contributed by atoms with van der Waals surface area (Å²) in [5, 5.41) is 3.93. The zero-order valence-electron chi connectivity index (χ0n) is 11.7. The first-order valence-corrected chi connectivity index (χ1v) is 6.90. The lowest BCUT2D eigenvalue weighted by molar-refractivity contribution is -0.153. The fraction of sp³-hybridized carbons (Fsp3) is 0.846. The van der Waals surface area contributed by atoms with Crippen molar-refractivity contribution in [3.05, 3.63) is 0 Å². The summed E-state index contributed by atoms with van der Waals surface area (Å²) in [4.78, 5) is 14.0. The highest BCUT2D eigenvalue weighted by molar-refractivity contribution is 7.80. The lowest BCUT2D eigenvalue weighted by Crippen LogP contribution is -2.66. The van der Waals surface area contributed by atoms with Crippen LogP contribution in [0.15, 0.2) is 0 Å². The molecule has 2 fully saturated rings. The molecule has 18 heavy (non-hydrogen) atoms. The summed E-state index contributed by atoms with van der Waals surface area (Å²) in [6.45, 7) is 10.3. The molecule has 2 saturated heterocycles. The highest BCUT2D eigenvalue weighted by Gasteiger charge is 2.56. The van der Waals surface area contributed by atoms with Crippen LogP contribution in [0.3, 0.4) is 0 Å². The minimum absolute atomic E-state index is 0.144. The predicted molar refractivity (Wildman–Crippen MR) is 74.0 cm³/mol. The summed E-state index contributed by atoms with van der Waals surface area (Å²) in [5.41, 5.74) is -0.738. The fourth-order valence-corrected chi connectivity index (χ4v) is 3.71. The first-order valence-electron chi connectivity index (χ1n) is 6.49. The molecule has 0 aromatic carbocycles. The number of fused-ring (bicyclic) bond motifs is 1. The van der Waals surface area contributed by atoms with Gasteiger partial charge in [0.15, 0.2) is 10.8 Å². The first-order chi connectivity index (χ1) is 8.15. The van der Waals surface area contributed by atoms with Gasteiger partial charge < -0.3 is 10.1 Å². The second kappa shape index (κ2) is 4.08. The Kier molecular flexibility index (Phi) is 3.08. The molecule has 2 unspecified atom stereocenters. The molecule has 0 aromatic rings. The van der Waals surface area contributed by atoms with Crippen molar-refractivity contribution in [1.29, 1.82) is 0 Å².